The maximum Gasteiger partial charge on any atom is 0.129 e. The molecule has 1 unspecified atom stereocenters. The average Bonchev–Trinajstić information content (AvgIpc) is 2.64. The predicted molar refractivity (Wildman–Crippen MR) is 78.4 cm³/mol. The van der Waals surface area contributed by atoms with Gasteiger partial charge in [-0.25, -0.2) is 8.78 Å². The molecule has 0 aliphatic rings. The Labute approximate surface area is 129 Å². The summed E-state index contributed by atoms with van der Waals surface area (Å²) < 4.78 is 28.8. The van der Waals surface area contributed by atoms with Crippen molar-refractivity contribution in [3.63, 3.8) is 0 Å². The number of halogens is 5. The van der Waals surface area contributed by atoms with Crippen molar-refractivity contribution in [2.45, 2.75) is 11.8 Å². The molecule has 1 aromatic heterocycles. The van der Waals surface area contributed by atoms with Crippen LogP contribution in [0.2, 0.25) is 0 Å². The Morgan fingerprint density at radius 2 is 1.83 bits per heavy atom. The lowest BCUT2D eigenvalue weighted by Crippen LogP contribution is -2.00. The van der Waals surface area contributed by atoms with Gasteiger partial charge in [0.25, 0.3) is 0 Å². The quantitative estimate of drug-likeness (QED) is 0.533. The first kappa shape index (κ1) is 14.4. The molecule has 0 nitrogen and oxygen atoms in total. The summed E-state index contributed by atoms with van der Waals surface area (Å²) in [5, 5.41) is -0.455. The molecule has 0 amide bonds. The second-order valence-electron chi connectivity index (χ2n) is 3.64. The van der Waals surface area contributed by atoms with Crippen molar-refractivity contribution >= 4 is 54.8 Å². The maximum absolute atomic E-state index is 13.5. The number of hydrogen-bond donors (Lipinski definition) is 0. The summed E-state index contributed by atoms with van der Waals surface area (Å²) in [5.74, 6) is -1.12. The predicted octanol–water partition coefficient (Wildman–Crippen LogP) is 6.07. The molecule has 1 aromatic carbocycles. The van der Waals surface area contributed by atoms with E-state index in [0.717, 1.165) is 13.1 Å². The van der Waals surface area contributed by atoms with Crippen LogP contribution in [-0.2, 0) is 6.42 Å². The van der Waals surface area contributed by atoms with Crippen LogP contribution in [-0.4, -0.2) is 0 Å². The second-order valence-corrected chi connectivity index (χ2v) is 7.43. The van der Waals surface area contributed by atoms with Gasteiger partial charge in [0.2, 0.25) is 0 Å². The molecule has 2 rings (SSSR count). The molecule has 0 aliphatic carbocycles. The Hall–Kier alpha value is 0.0300. The van der Waals surface area contributed by atoms with E-state index in [1.54, 1.807) is 0 Å². The molecule has 0 spiro atoms. The molecule has 1 heterocycles. The Bertz CT molecular complexity index is 531. The van der Waals surface area contributed by atoms with E-state index in [1.165, 1.54) is 29.5 Å². The van der Waals surface area contributed by atoms with Crippen LogP contribution in [0.3, 0.4) is 0 Å². The monoisotopic (exact) mass is 414 g/mol. The van der Waals surface area contributed by atoms with Gasteiger partial charge in [0.15, 0.2) is 0 Å². The molecule has 0 fully saturated rings. The number of alkyl halides is 1. The summed E-state index contributed by atoms with van der Waals surface area (Å²) in [6, 6.07) is 5.67. The highest BCUT2D eigenvalue weighted by Gasteiger charge is 2.18. The van der Waals surface area contributed by atoms with Gasteiger partial charge >= 0.3 is 0 Å². The summed E-state index contributed by atoms with van der Waals surface area (Å²) in [5.41, 5.74) is 0.0261. The first-order valence-corrected chi connectivity index (χ1v) is 7.84. The van der Waals surface area contributed by atoms with Crippen molar-refractivity contribution in [3.05, 3.63) is 54.6 Å². The van der Waals surface area contributed by atoms with Gasteiger partial charge < -0.3 is 0 Å². The number of hydrogen-bond acceptors (Lipinski definition) is 1. The van der Waals surface area contributed by atoms with Crippen LogP contribution in [0.4, 0.5) is 8.78 Å². The Balaban J connectivity index is 2.23. The third kappa shape index (κ3) is 3.13. The van der Waals surface area contributed by atoms with Gasteiger partial charge in [0, 0.05) is 14.9 Å². The minimum atomic E-state index is -0.560. The van der Waals surface area contributed by atoms with E-state index >= 15 is 0 Å². The number of benzene rings is 1. The molecule has 0 saturated carbocycles. The van der Waals surface area contributed by atoms with Crippen LogP contribution in [0.15, 0.2) is 32.5 Å². The largest absolute Gasteiger partial charge is 0.207 e. The van der Waals surface area contributed by atoms with Gasteiger partial charge in [-0.3, -0.25) is 0 Å². The van der Waals surface area contributed by atoms with E-state index in [4.69, 9.17) is 11.6 Å². The molecule has 6 heteroatoms. The van der Waals surface area contributed by atoms with Crippen molar-refractivity contribution in [2.75, 3.05) is 0 Å². The lowest BCUT2D eigenvalue weighted by Gasteiger charge is -2.09. The van der Waals surface area contributed by atoms with Crippen molar-refractivity contribution in [1.82, 2.24) is 0 Å². The molecule has 2 aromatic rings. The van der Waals surface area contributed by atoms with E-state index < -0.39 is 17.0 Å². The fourth-order valence-corrected chi connectivity index (χ4v) is 3.94. The standard InChI is InChI=1S/C12H7Br2ClF2S/c13-7-5-11(18-12(7)14)8(15)4-6-9(16)2-1-3-10(6)17/h1-3,5,8H,4H2. The topological polar surface area (TPSA) is 0 Å². The second kappa shape index (κ2) is 5.99. The highest BCUT2D eigenvalue weighted by molar-refractivity contribution is 9.13. The number of thiophene rings is 1. The molecule has 18 heavy (non-hydrogen) atoms. The zero-order valence-corrected chi connectivity index (χ0v) is 13.6. The fraction of sp³-hybridized carbons (Fsp3) is 0.167. The summed E-state index contributed by atoms with van der Waals surface area (Å²) in [6.07, 6.45) is 0.124. The van der Waals surface area contributed by atoms with Crippen LogP contribution in [0, 0.1) is 11.6 Å². The Kier molecular flexibility index (Phi) is 4.80. The van der Waals surface area contributed by atoms with Gasteiger partial charge in [-0.15, -0.1) is 22.9 Å². The Morgan fingerprint density at radius 1 is 1.22 bits per heavy atom. The summed E-state index contributed by atoms with van der Waals surface area (Å²) in [6.45, 7) is 0. The third-order valence-corrected chi connectivity index (χ3v) is 6.31. The van der Waals surface area contributed by atoms with Crippen LogP contribution < -0.4 is 0 Å². The average molecular weight is 417 g/mol. The summed E-state index contributed by atoms with van der Waals surface area (Å²) in [7, 11) is 0. The van der Waals surface area contributed by atoms with Gasteiger partial charge in [-0.1, -0.05) is 6.07 Å². The minimum Gasteiger partial charge on any atom is -0.207 e. The van der Waals surface area contributed by atoms with Gasteiger partial charge in [-0.05, 0) is 56.5 Å². The molecule has 0 bridgehead atoms. The van der Waals surface area contributed by atoms with Gasteiger partial charge in [0.05, 0.1) is 9.16 Å². The normalized spacial score (nSPS) is 12.7. The van der Waals surface area contributed by atoms with Crippen molar-refractivity contribution in [3.8, 4) is 0 Å². The minimum absolute atomic E-state index is 0.0261. The molecule has 0 radical (unpaired) electrons. The number of rotatable bonds is 3. The molecule has 1 atom stereocenters. The summed E-state index contributed by atoms with van der Waals surface area (Å²) >= 11 is 14.4. The third-order valence-electron chi connectivity index (χ3n) is 2.42. The summed E-state index contributed by atoms with van der Waals surface area (Å²) in [4.78, 5) is 0.859. The maximum atomic E-state index is 13.5. The fourth-order valence-electron chi connectivity index (χ4n) is 1.52. The highest BCUT2D eigenvalue weighted by atomic mass is 79.9. The lowest BCUT2D eigenvalue weighted by molar-refractivity contribution is 0.553. The zero-order valence-electron chi connectivity index (χ0n) is 8.89. The van der Waals surface area contributed by atoms with Gasteiger partial charge in [-0.2, -0.15) is 0 Å². The SMILES string of the molecule is Fc1cccc(F)c1CC(Cl)c1cc(Br)c(Br)s1. The first-order valence-electron chi connectivity index (χ1n) is 5.00. The van der Waals surface area contributed by atoms with Crippen LogP contribution in [0.5, 0.6) is 0 Å². The molecule has 0 N–H and O–H groups in total. The smallest absolute Gasteiger partial charge is 0.129 e. The molecular weight excluding hydrogens is 409 g/mol. The van der Waals surface area contributed by atoms with E-state index in [1.807, 2.05) is 6.07 Å². The molecular formula is C12H7Br2ClF2S. The first-order chi connectivity index (χ1) is 8.49. The van der Waals surface area contributed by atoms with Crippen LogP contribution >= 0.6 is 54.8 Å². The lowest BCUT2D eigenvalue weighted by atomic mass is 10.1. The molecule has 0 aliphatic heterocycles. The van der Waals surface area contributed by atoms with Crippen molar-refractivity contribution < 1.29 is 8.78 Å². The van der Waals surface area contributed by atoms with Crippen LogP contribution in [0.25, 0.3) is 0 Å². The van der Waals surface area contributed by atoms with E-state index in [2.05, 4.69) is 31.9 Å². The van der Waals surface area contributed by atoms with Crippen molar-refractivity contribution in [1.29, 1.82) is 0 Å². The van der Waals surface area contributed by atoms with E-state index in [-0.39, 0.29) is 12.0 Å². The van der Waals surface area contributed by atoms with Crippen LogP contribution in [0.1, 0.15) is 15.8 Å². The zero-order chi connectivity index (χ0) is 13.3. The van der Waals surface area contributed by atoms with E-state index in [0.29, 0.717) is 0 Å². The van der Waals surface area contributed by atoms with Crippen molar-refractivity contribution in [2.24, 2.45) is 0 Å². The Morgan fingerprint density at radius 3 is 2.33 bits per heavy atom. The molecule has 96 valence electrons. The van der Waals surface area contributed by atoms with Gasteiger partial charge in [0.1, 0.15) is 11.6 Å². The molecule has 0 saturated heterocycles. The van der Waals surface area contributed by atoms with E-state index in [9.17, 15) is 8.78 Å². The highest BCUT2D eigenvalue weighted by Crippen LogP contribution is 2.39.